The quantitative estimate of drug-likeness (QED) is 0.476. The standard InChI is InChI=1S/C20H23ClN2O5S/c1-3-4-13-28-20(25)15-5-9-17(10-6-15)22-19(24)14-23(29(2,26)27)18-11-7-16(21)8-12-18/h5-12H,3-4,13-14H2,1-2H3,(H,22,24). The van der Waals surface area contributed by atoms with Crippen molar-refractivity contribution in [1.82, 2.24) is 0 Å². The van der Waals surface area contributed by atoms with E-state index in [0.29, 0.717) is 28.6 Å². The fourth-order valence-electron chi connectivity index (χ4n) is 2.42. The summed E-state index contributed by atoms with van der Waals surface area (Å²) in [4.78, 5) is 24.3. The Balaban J connectivity index is 2.03. The van der Waals surface area contributed by atoms with E-state index in [1.54, 1.807) is 24.3 Å². The fraction of sp³-hybridized carbons (Fsp3) is 0.300. The molecule has 0 heterocycles. The molecule has 2 aromatic rings. The average Bonchev–Trinajstić information content (AvgIpc) is 2.67. The smallest absolute Gasteiger partial charge is 0.338 e. The predicted octanol–water partition coefficient (Wildman–Crippen LogP) is 3.70. The van der Waals surface area contributed by atoms with Gasteiger partial charge in [-0.25, -0.2) is 13.2 Å². The molecule has 0 spiro atoms. The molecule has 156 valence electrons. The van der Waals surface area contributed by atoms with Crippen LogP contribution in [0.3, 0.4) is 0 Å². The Morgan fingerprint density at radius 2 is 1.69 bits per heavy atom. The molecule has 29 heavy (non-hydrogen) atoms. The second kappa shape index (κ2) is 10.3. The van der Waals surface area contributed by atoms with Gasteiger partial charge in [-0.2, -0.15) is 0 Å². The number of nitrogens with one attached hydrogen (secondary N) is 1. The summed E-state index contributed by atoms with van der Waals surface area (Å²) < 4.78 is 30.3. The van der Waals surface area contributed by atoms with Crippen molar-refractivity contribution >= 4 is 44.9 Å². The molecule has 0 saturated carbocycles. The zero-order valence-electron chi connectivity index (χ0n) is 16.2. The number of carbonyl (C=O) groups excluding carboxylic acids is 2. The second-order valence-corrected chi connectivity index (χ2v) is 8.70. The lowest BCUT2D eigenvalue weighted by Crippen LogP contribution is -2.37. The molecule has 7 nitrogen and oxygen atoms in total. The van der Waals surface area contributed by atoms with Gasteiger partial charge in [0.15, 0.2) is 0 Å². The van der Waals surface area contributed by atoms with Crippen LogP contribution in [0.2, 0.25) is 5.02 Å². The summed E-state index contributed by atoms with van der Waals surface area (Å²) in [6.45, 7) is 1.96. The lowest BCUT2D eigenvalue weighted by molar-refractivity contribution is -0.114. The molecule has 0 aliphatic heterocycles. The topological polar surface area (TPSA) is 92.8 Å². The van der Waals surface area contributed by atoms with Gasteiger partial charge < -0.3 is 10.1 Å². The summed E-state index contributed by atoms with van der Waals surface area (Å²) in [5.74, 6) is -0.953. The Kier molecular flexibility index (Phi) is 8.04. The van der Waals surface area contributed by atoms with Gasteiger partial charge in [0.2, 0.25) is 15.9 Å². The number of nitrogens with zero attached hydrogens (tertiary/aromatic N) is 1. The highest BCUT2D eigenvalue weighted by Crippen LogP contribution is 2.20. The van der Waals surface area contributed by atoms with E-state index >= 15 is 0 Å². The third kappa shape index (κ3) is 7.07. The Morgan fingerprint density at radius 1 is 1.07 bits per heavy atom. The van der Waals surface area contributed by atoms with Crippen molar-refractivity contribution in [1.29, 1.82) is 0 Å². The first-order chi connectivity index (χ1) is 13.7. The fourth-order valence-corrected chi connectivity index (χ4v) is 3.40. The molecular weight excluding hydrogens is 416 g/mol. The minimum absolute atomic E-state index is 0.331. The Morgan fingerprint density at radius 3 is 2.24 bits per heavy atom. The van der Waals surface area contributed by atoms with Crippen LogP contribution < -0.4 is 9.62 Å². The van der Waals surface area contributed by atoms with E-state index in [9.17, 15) is 18.0 Å². The van der Waals surface area contributed by atoms with Gasteiger partial charge in [-0.1, -0.05) is 24.9 Å². The molecule has 0 fully saturated rings. The molecule has 0 radical (unpaired) electrons. The van der Waals surface area contributed by atoms with Crippen LogP contribution in [0.4, 0.5) is 11.4 Å². The van der Waals surface area contributed by atoms with Crippen molar-refractivity contribution in [3.05, 3.63) is 59.1 Å². The summed E-state index contributed by atoms with van der Waals surface area (Å²) in [6, 6.07) is 12.3. The Labute approximate surface area is 175 Å². The number of halogens is 1. The third-order valence-corrected chi connectivity index (χ3v) is 5.33. The number of ether oxygens (including phenoxy) is 1. The first-order valence-electron chi connectivity index (χ1n) is 9.01. The molecule has 2 aromatic carbocycles. The number of esters is 1. The highest BCUT2D eigenvalue weighted by molar-refractivity contribution is 7.92. The number of benzene rings is 2. The number of sulfonamides is 1. The van der Waals surface area contributed by atoms with E-state index in [-0.39, 0.29) is 0 Å². The lowest BCUT2D eigenvalue weighted by Gasteiger charge is -2.22. The SMILES string of the molecule is CCCCOC(=O)c1ccc(NC(=O)CN(c2ccc(Cl)cc2)S(C)(=O)=O)cc1. The van der Waals surface area contributed by atoms with Crippen LogP contribution in [0.1, 0.15) is 30.1 Å². The van der Waals surface area contributed by atoms with Crippen molar-refractivity contribution in [2.24, 2.45) is 0 Å². The van der Waals surface area contributed by atoms with Crippen LogP contribution in [-0.2, 0) is 19.6 Å². The Bertz CT molecular complexity index is 944. The van der Waals surface area contributed by atoms with Crippen molar-refractivity contribution in [2.45, 2.75) is 19.8 Å². The van der Waals surface area contributed by atoms with E-state index in [0.717, 1.165) is 23.4 Å². The zero-order chi connectivity index (χ0) is 21.4. The van der Waals surface area contributed by atoms with Crippen LogP contribution in [-0.4, -0.2) is 39.7 Å². The van der Waals surface area contributed by atoms with Crippen molar-refractivity contribution < 1.29 is 22.7 Å². The number of carbonyl (C=O) groups is 2. The van der Waals surface area contributed by atoms with E-state index in [4.69, 9.17) is 16.3 Å². The molecule has 0 bridgehead atoms. The summed E-state index contributed by atoms with van der Waals surface area (Å²) in [5.41, 5.74) is 1.14. The molecule has 0 saturated heterocycles. The maximum Gasteiger partial charge on any atom is 0.338 e. The molecular formula is C20H23ClN2O5S. The van der Waals surface area contributed by atoms with Crippen molar-refractivity contribution in [3.8, 4) is 0 Å². The first-order valence-corrected chi connectivity index (χ1v) is 11.2. The van der Waals surface area contributed by atoms with Crippen LogP contribution in [0.15, 0.2) is 48.5 Å². The number of hydrogen-bond acceptors (Lipinski definition) is 5. The summed E-state index contributed by atoms with van der Waals surface area (Å²) in [7, 11) is -3.68. The number of amides is 1. The average molecular weight is 439 g/mol. The van der Waals surface area contributed by atoms with Crippen molar-refractivity contribution in [2.75, 3.05) is 29.0 Å². The zero-order valence-corrected chi connectivity index (χ0v) is 17.8. The molecule has 0 unspecified atom stereocenters. The maximum absolute atomic E-state index is 12.4. The second-order valence-electron chi connectivity index (χ2n) is 6.36. The number of anilines is 2. The number of hydrogen-bond donors (Lipinski definition) is 1. The highest BCUT2D eigenvalue weighted by Gasteiger charge is 2.21. The monoisotopic (exact) mass is 438 g/mol. The van der Waals surface area contributed by atoms with Crippen molar-refractivity contribution in [3.63, 3.8) is 0 Å². The minimum Gasteiger partial charge on any atom is -0.462 e. The van der Waals surface area contributed by atoms with Gasteiger partial charge in [-0.3, -0.25) is 9.10 Å². The molecule has 0 atom stereocenters. The van der Waals surface area contributed by atoms with Crippen LogP contribution in [0.5, 0.6) is 0 Å². The van der Waals surface area contributed by atoms with E-state index in [1.165, 1.54) is 24.3 Å². The summed E-state index contributed by atoms with van der Waals surface area (Å²) in [6.07, 6.45) is 2.75. The number of rotatable bonds is 9. The van der Waals surface area contributed by atoms with Crippen LogP contribution in [0, 0.1) is 0 Å². The molecule has 0 aliphatic carbocycles. The molecule has 1 amide bonds. The van der Waals surface area contributed by atoms with Gasteiger partial charge >= 0.3 is 5.97 Å². The van der Waals surface area contributed by atoms with Gasteiger partial charge in [-0.15, -0.1) is 0 Å². The Hall–Kier alpha value is -2.58. The van der Waals surface area contributed by atoms with E-state index in [2.05, 4.69) is 5.32 Å². The van der Waals surface area contributed by atoms with Crippen LogP contribution in [0.25, 0.3) is 0 Å². The summed E-state index contributed by atoms with van der Waals surface area (Å²) >= 11 is 5.83. The molecule has 1 N–H and O–H groups in total. The molecule has 0 aliphatic rings. The highest BCUT2D eigenvalue weighted by atomic mass is 35.5. The summed E-state index contributed by atoms with van der Waals surface area (Å²) in [5, 5.41) is 3.08. The lowest BCUT2D eigenvalue weighted by atomic mass is 10.2. The predicted molar refractivity (Wildman–Crippen MR) is 114 cm³/mol. The largest absolute Gasteiger partial charge is 0.462 e. The van der Waals surface area contributed by atoms with Gasteiger partial charge in [0, 0.05) is 10.7 Å². The third-order valence-electron chi connectivity index (χ3n) is 3.94. The van der Waals surface area contributed by atoms with Gasteiger partial charge in [-0.05, 0) is 55.0 Å². The van der Waals surface area contributed by atoms with E-state index < -0.39 is 28.4 Å². The number of unbranched alkanes of at least 4 members (excludes halogenated alkanes) is 1. The van der Waals surface area contributed by atoms with Gasteiger partial charge in [0.25, 0.3) is 0 Å². The van der Waals surface area contributed by atoms with Gasteiger partial charge in [0.05, 0.1) is 24.1 Å². The minimum atomic E-state index is -3.68. The molecule has 9 heteroatoms. The maximum atomic E-state index is 12.4. The first kappa shape index (κ1) is 22.7. The molecule has 2 rings (SSSR count). The van der Waals surface area contributed by atoms with E-state index in [1.807, 2.05) is 6.92 Å². The molecule has 0 aromatic heterocycles. The normalized spacial score (nSPS) is 11.0. The van der Waals surface area contributed by atoms with Crippen LogP contribution >= 0.6 is 11.6 Å². The van der Waals surface area contributed by atoms with Gasteiger partial charge in [0.1, 0.15) is 6.54 Å².